The smallest absolute Gasteiger partial charge is 0 e. The minimum atomic E-state index is 0. The summed E-state index contributed by atoms with van der Waals surface area (Å²) in [6, 6.07) is 0. The van der Waals surface area contributed by atoms with Crippen molar-refractivity contribution in [2.45, 2.75) is 0 Å². The zero-order valence-corrected chi connectivity index (χ0v) is 13.7. The van der Waals surface area contributed by atoms with Gasteiger partial charge in [0, 0.05) is 114 Å². The topological polar surface area (TPSA) is 0 Å². The van der Waals surface area contributed by atoms with E-state index in [4.69, 9.17) is 0 Å². The molecule has 0 aromatic rings. The van der Waals surface area contributed by atoms with Gasteiger partial charge in [0.1, 0.15) is 0 Å². The number of hydrogen-bond donors (Lipinski definition) is 0. The molecule has 10 radical (unpaired) electrons. The average Bonchev–Trinajstić information content (AvgIpc) is 0. The Morgan fingerprint density at radius 3 is 0.500 bits per heavy atom. The molecule has 0 rings (SSSR count). The quantitative estimate of drug-likeness (QED) is 0.385. The van der Waals surface area contributed by atoms with Crippen LogP contribution in [0.25, 0.3) is 0 Å². The summed E-state index contributed by atoms with van der Waals surface area (Å²) in [4.78, 5) is 0. The molecule has 4 heavy (non-hydrogen) atoms. The van der Waals surface area contributed by atoms with E-state index >= 15 is 0 Å². The van der Waals surface area contributed by atoms with Crippen LogP contribution in [0.2, 0.25) is 0 Å². The molecule has 0 saturated carbocycles. The van der Waals surface area contributed by atoms with Gasteiger partial charge in [0.15, 0.2) is 0 Å². The first-order chi connectivity index (χ1) is 0. The van der Waals surface area contributed by atoms with E-state index < -0.39 is 0 Å². The summed E-state index contributed by atoms with van der Waals surface area (Å²) in [5.74, 6) is 0. The van der Waals surface area contributed by atoms with E-state index in [9.17, 15) is 0 Å². The molecule has 0 atom stereocenters. The van der Waals surface area contributed by atoms with Gasteiger partial charge in [0.05, 0.1) is 0 Å². The predicted octanol–water partition coefficient (Wildman–Crippen LogP) is -1.14. The van der Waals surface area contributed by atoms with Gasteiger partial charge >= 0.3 is 0 Å². The van der Waals surface area contributed by atoms with Gasteiger partial charge in [0.25, 0.3) is 0 Å². The Balaban J connectivity index is 0. The van der Waals surface area contributed by atoms with Crippen molar-refractivity contribution < 1.29 is 36.9 Å². The summed E-state index contributed by atoms with van der Waals surface area (Å²) >= 11 is 0. The molecular weight excluding hydrogens is 513 g/mol. The molecule has 0 saturated heterocycles. The summed E-state index contributed by atoms with van der Waals surface area (Å²) in [5, 5.41) is 0. The Kier molecular flexibility index (Phi) is 98.3. The first kappa shape index (κ1) is 24.9. The number of rotatable bonds is 0. The fourth-order valence-corrected chi connectivity index (χ4v) is 0. The second-order valence-corrected chi connectivity index (χ2v) is 0. The van der Waals surface area contributed by atoms with Crippen LogP contribution in [0, 0.1) is 36.9 Å². The Bertz CT molecular complexity index is 3.25. The fraction of sp³-hybridized carbons (Fsp3) is 0. The molecule has 0 amide bonds. The van der Waals surface area contributed by atoms with Crippen LogP contribution in [0.15, 0.2) is 0 Å². The van der Waals surface area contributed by atoms with E-state index in [0.29, 0.717) is 0 Å². The average molecular weight is 513 g/mol. The maximum atomic E-state index is 0. The van der Waals surface area contributed by atoms with Gasteiger partial charge in [-0.25, -0.2) is 0 Å². The van der Waals surface area contributed by atoms with Crippen LogP contribution in [0.5, 0.6) is 0 Å². The van der Waals surface area contributed by atoms with Crippen molar-refractivity contribution in [1.82, 2.24) is 0 Å². The van der Waals surface area contributed by atoms with Crippen molar-refractivity contribution >= 4 is 77.5 Å². The minimum Gasteiger partial charge on any atom is 0 e. The summed E-state index contributed by atoms with van der Waals surface area (Å²) in [6.07, 6.45) is 0. The fourth-order valence-electron chi connectivity index (χ4n) is 0. The normalized spacial score (nSPS) is 0. The predicted molar refractivity (Wildman–Crippen MR) is 17.3 cm³/mol. The van der Waals surface area contributed by atoms with Gasteiger partial charge in [0.2, 0.25) is 0 Å². The molecule has 0 aliphatic rings. The second-order valence-electron chi connectivity index (χ2n) is 0. The van der Waals surface area contributed by atoms with Gasteiger partial charge in [-0.1, -0.05) is 0 Å². The molecular formula is In3Tm. The molecule has 0 spiro atoms. The minimum absolute atomic E-state index is 0. The Morgan fingerprint density at radius 2 is 0.500 bits per heavy atom. The Labute approximate surface area is 111 Å². The van der Waals surface area contributed by atoms with Crippen LogP contribution in [-0.2, 0) is 0 Å². The van der Waals surface area contributed by atoms with E-state index in [1.807, 2.05) is 0 Å². The summed E-state index contributed by atoms with van der Waals surface area (Å²) in [5.41, 5.74) is 0. The van der Waals surface area contributed by atoms with Crippen LogP contribution in [0.1, 0.15) is 0 Å². The first-order valence-corrected chi connectivity index (χ1v) is 0. The maximum absolute atomic E-state index is 0. The third-order valence-electron chi connectivity index (χ3n) is 0. The molecule has 0 fully saturated rings. The van der Waals surface area contributed by atoms with E-state index in [1.165, 1.54) is 0 Å². The molecule has 22 valence electrons. The van der Waals surface area contributed by atoms with E-state index in [0.717, 1.165) is 0 Å². The van der Waals surface area contributed by atoms with Gasteiger partial charge < -0.3 is 0 Å². The molecule has 0 N–H and O–H groups in total. The van der Waals surface area contributed by atoms with Gasteiger partial charge in [-0.3, -0.25) is 0 Å². The van der Waals surface area contributed by atoms with Crippen LogP contribution in [0.3, 0.4) is 0 Å². The monoisotopic (exact) mass is 514 g/mol. The van der Waals surface area contributed by atoms with Crippen molar-refractivity contribution in [2.24, 2.45) is 0 Å². The van der Waals surface area contributed by atoms with Crippen LogP contribution < -0.4 is 0 Å². The largest absolute Gasteiger partial charge is 0 e. The molecule has 0 aromatic carbocycles. The van der Waals surface area contributed by atoms with Crippen molar-refractivity contribution in [3.8, 4) is 0 Å². The first-order valence-electron chi connectivity index (χ1n) is 0. The molecule has 0 aliphatic carbocycles. The summed E-state index contributed by atoms with van der Waals surface area (Å²) in [6.45, 7) is 0. The van der Waals surface area contributed by atoms with Crippen molar-refractivity contribution in [1.29, 1.82) is 0 Å². The van der Waals surface area contributed by atoms with Crippen LogP contribution >= 0.6 is 0 Å². The van der Waals surface area contributed by atoms with E-state index in [2.05, 4.69) is 0 Å². The molecule has 0 bridgehead atoms. The molecule has 4 heteroatoms. The molecule has 0 heterocycles. The van der Waals surface area contributed by atoms with Gasteiger partial charge in [-0.15, -0.1) is 0 Å². The van der Waals surface area contributed by atoms with Crippen molar-refractivity contribution in [2.75, 3.05) is 0 Å². The van der Waals surface area contributed by atoms with Crippen LogP contribution in [0.4, 0.5) is 0 Å². The Hall–Kier alpha value is 3.84. The van der Waals surface area contributed by atoms with Crippen LogP contribution in [-0.4, -0.2) is 77.5 Å². The molecule has 0 aromatic heterocycles. The van der Waals surface area contributed by atoms with Gasteiger partial charge in [-0.05, 0) is 0 Å². The Morgan fingerprint density at radius 1 is 0.500 bits per heavy atom. The maximum Gasteiger partial charge on any atom is 0 e. The summed E-state index contributed by atoms with van der Waals surface area (Å²) in [7, 11) is 0. The van der Waals surface area contributed by atoms with Crippen molar-refractivity contribution in [3.05, 3.63) is 0 Å². The van der Waals surface area contributed by atoms with E-state index in [1.54, 1.807) is 0 Å². The molecule has 0 unspecified atom stereocenters. The SMILES string of the molecule is [In].[In].[In].[Tm]. The zero-order valence-electron chi connectivity index (χ0n) is 2.01. The molecule has 0 nitrogen and oxygen atoms in total. The van der Waals surface area contributed by atoms with Gasteiger partial charge in [-0.2, -0.15) is 0 Å². The third-order valence-corrected chi connectivity index (χ3v) is 0. The standard InChI is InChI=1S/3In.Tm. The second kappa shape index (κ2) is 15.8. The zero-order chi connectivity index (χ0) is 0. The number of hydrogen-bond acceptors (Lipinski definition) is 0. The van der Waals surface area contributed by atoms with E-state index in [-0.39, 0.29) is 114 Å². The molecule has 0 aliphatic heterocycles. The third kappa shape index (κ3) is 9.28. The summed E-state index contributed by atoms with van der Waals surface area (Å²) < 4.78 is 0. The van der Waals surface area contributed by atoms with Crippen molar-refractivity contribution in [3.63, 3.8) is 0 Å².